The Kier molecular flexibility index (Phi) is 4.66. The first kappa shape index (κ1) is 15.2. The number of aromatic nitrogens is 2. The minimum atomic E-state index is -0.0985. The standard InChI is InChI=1S/C18H18N2O3/c21-15(16-10-6-12-23-16)9-2-1-3-11-17-19-14-8-5-4-7-13(14)18(22)20-17/h4-8,10,12H,1-3,9,11H2,(H,19,20,22). The predicted molar refractivity (Wildman–Crippen MR) is 87.6 cm³/mol. The number of carbonyl (C=O) groups excluding carboxylic acids is 1. The Hall–Kier alpha value is -2.69. The number of aromatic amines is 1. The van der Waals surface area contributed by atoms with Crippen LogP contribution in [0, 0.1) is 0 Å². The number of benzene rings is 1. The number of carbonyl (C=O) groups is 1. The van der Waals surface area contributed by atoms with Crippen molar-refractivity contribution < 1.29 is 9.21 Å². The highest BCUT2D eigenvalue weighted by Crippen LogP contribution is 2.11. The van der Waals surface area contributed by atoms with Gasteiger partial charge < -0.3 is 9.40 Å². The Labute approximate surface area is 133 Å². The molecule has 2 heterocycles. The number of unbranched alkanes of at least 4 members (excludes halogenated alkanes) is 2. The molecular weight excluding hydrogens is 292 g/mol. The third-order valence-electron chi connectivity index (χ3n) is 3.78. The summed E-state index contributed by atoms with van der Waals surface area (Å²) in [5.74, 6) is 1.16. The molecule has 3 rings (SSSR count). The van der Waals surface area contributed by atoms with Crippen LogP contribution in [-0.2, 0) is 6.42 Å². The maximum absolute atomic E-state index is 12.0. The second-order valence-corrected chi connectivity index (χ2v) is 5.49. The molecule has 0 saturated carbocycles. The quantitative estimate of drug-likeness (QED) is 0.535. The van der Waals surface area contributed by atoms with Crippen LogP contribution in [0.1, 0.15) is 42.1 Å². The summed E-state index contributed by atoms with van der Waals surface area (Å²) in [6.45, 7) is 0. The third kappa shape index (κ3) is 3.74. The molecule has 5 heteroatoms. The second-order valence-electron chi connectivity index (χ2n) is 5.49. The maximum atomic E-state index is 12.0. The first-order chi connectivity index (χ1) is 11.2. The van der Waals surface area contributed by atoms with Gasteiger partial charge in [-0.05, 0) is 37.1 Å². The average Bonchev–Trinajstić information content (AvgIpc) is 3.09. The Balaban J connectivity index is 1.49. The third-order valence-corrected chi connectivity index (χ3v) is 3.78. The van der Waals surface area contributed by atoms with E-state index in [1.165, 1.54) is 6.26 Å². The fourth-order valence-electron chi connectivity index (χ4n) is 2.57. The Morgan fingerprint density at radius 1 is 1.09 bits per heavy atom. The minimum absolute atomic E-state index is 0.0345. The number of nitrogens with zero attached hydrogens (tertiary/aromatic N) is 1. The number of fused-ring (bicyclic) bond motifs is 1. The van der Waals surface area contributed by atoms with Crippen molar-refractivity contribution in [3.8, 4) is 0 Å². The molecule has 5 nitrogen and oxygen atoms in total. The number of furan rings is 1. The highest BCUT2D eigenvalue weighted by Gasteiger charge is 2.08. The van der Waals surface area contributed by atoms with E-state index in [2.05, 4.69) is 9.97 Å². The van der Waals surface area contributed by atoms with E-state index in [0.29, 0.717) is 29.8 Å². The van der Waals surface area contributed by atoms with E-state index in [9.17, 15) is 9.59 Å². The van der Waals surface area contributed by atoms with Crippen LogP contribution in [0.4, 0.5) is 0 Å². The molecule has 0 bridgehead atoms. The second kappa shape index (κ2) is 7.05. The Morgan fingerprint density at radius 2 is 1.96 bits per heavy atom. The van der Waals surface area contributed by atoms with Gasteiger partial charge in [-0.1, -0.05) is 18.6 Å². The largest absolute Gasteiger partial charge is 0.461 e. The fraction of sp³-hybridized carbons (Fsp3) is 0.278. The van der Waals surface area contributed by atoms with Crippen LogP contribution in [0.2, 0.25) is 0 Å². The van der Waals surface area contributed by atoms with Gasteiger partial charge >= 0.3 is 0 Å². The van der Waals surface area contributed by atoms with Gasteiger partial charge in [0, 0.05) is 12.8 Å². The zero-order valence-corrected chi connectivity index (χ0v) is 12.7. The molecule has 0 spiro atoms. The molecule has 118 valence electrons. The summed E-state index contributed by atoms with van der Waals surface area (Å²) in [5, 5.41) is 0.611. The lowest BCUT2D eigenvalue weighted by molar-refractivity contribution is 0.0952. The molecule has 0 radical (unpaired) electrons. The SMILES string of the molecule is O=C(CCCCCc1nc2ccccc2c(=O)[nH]1)c1ccco1. The molecule has 0 fully saturated rings. The van der Waals surface area contributed by atoms with E-state index in [4.69, 9.17) is 4.42 Å². The summed E-state index contributed by atoms with van der Waals surface area (Å²) in [6.07, 6.45) is 5.28. The van der Waals surface area contributed by atoms with Crippen molar-refractivity contribution in [3.63, 3.8) is 0 Å². The van der Waals surface area contributed by atoms with Crippen LogP contribution in [0.5, 0.6) is 0 Å². The molecule has 0 unspecified atom stereocenters. The maximum Gasteiger partial charge on any atom is 0.258 e. The van der Waals surface area contributed by atoms with Crippen LogP contribution >= 0.6 is 0 Å². The van der Waals surface area contributed by atoms with Crippen molar-refractivity contribution in [2.75, 3.05) is 0 Å². The van der Waals surface area contributed by atoms with E-state index in [1.54, 1.807) is 18.2 Å². The lowest BCUT2D eigenvalue weighted by Crippen LogP contribution is -2.11. The van der Waals surface area contributed by atoms with Crippen molar-refractivity contribution >= 4 is 16.7 Å². The zero-order chi connectivity index (χ0) is 16.1. The van der Waals surface area contributed by atoms with Gasteiger partial charge in [0.05, 0.1) is 17.2 Å². The number of hydrogen-bond donors (Lipinski definition) is 1. The highest BCUT2D eigenvalue weighted by atomic mass is 16.3. The molecule has 0 aliphatic heterocycles. The van der Waals surface area contributed by atoms with Crippen molar-refractivity contribution in [3.05, 3.63) is 64.6 Å². The van der Waals surface area contributed by atoms with Gasteiger partial charge in [-0.2, -0.15) is 0 Å². The van der Waals surface area contributed by atoms with E-state index >= 15 is 0 Å². The van der Waals surface area contributed by atoms with Gasteiger partial charge in [-0.3, -0.25) is 9.59 Å². The van der Waals surface area contributed by atoms with Crippen molar-refractivity contribution in [2.24, 2.45) is 0 Å². The Morgan fingerprint density at radius 3 is 2.78 bits per heavy atom. The molecule has 0 aliphatic carbocycles. The summed E-state index contributed by atoms with van der Waals surface area (Å²) >= 11 is 0. The molecular formula is C18H18N2O3. The van der Waals surface area contributed by atoms with Gasteiger partial charge in [0.1, 0.15) is 5.82 Å². The van der Waals surface area contributed by atoms with Gasteiger partial charge in [-0.15, -0.1) is 0 Å². The normalized spacial score (nSPS) is 11.0. The first-order valence-electron chi connectivity index (χ1n) is 7.79. The summed E-state index contributed by atoms with van der Waals surface area (Å²) in [4.78, 5) is 31.0. The summed E-state index contributed by atoms with van der Waals surface area (Å²) in [7, 11) is 0. The molecule has 2 aromatic heterocycles. The van der Waals surface area contributed by atoms with Crippen LogP contribution in [0.3, 0.4) is 0 Å². The van der Waals surface area contributed by atoms with Crippen molar-refractivity contribution in [1.82, 2.24) is 9.97 Å². The topological polar surface area (TPSA) is 76.0 Å². The molecule has 3 aromatic rings. The average molecular weight is 310 g/mol. The van der Waals surface area contributed by atoms with Crippen molar-refractivity contribution in [2.45, 2.75) is 32.1 Å². The number of ketones is 1. The fourth-order valence-corrected chi connectivity index (χ4v) is 2.57. The van der Waals surface area contributed by atoms with E-state index in [-0.39, 0.29) is 11.3 Å². The van der Waals surface area contributed by atoms with Crippen LogP contribution in [0.25, 0.3) is 10.9 Å². The van der Waals surface area contributed by atoms with E-state index < -0.39 is 0 Å². The number of para-hydroxylation sites is 1. The molecule has 0 saturated heterocycles. The smallest absolute Gasteiger partial charge is 0.258 e. The van der Waals surface area contributed by atoms with E-state index in [0.717, 1.165) is 24.8 Å². The van der Waals surface area contributed by atoms with Crippen LogP contribution < -0.4 is 5.56 Å². The molecule has 1 aromatic carbocycles. The molecule has 0 atom stereocenters. The highest BCUT2D eigenvalue weighted by molar-refractivity contribution is 5.93. The number of rotatable bonds is 7. The van der Waals surface area contributed by atoms with Gasteiger partial charge in [0.25, 0.3) is 5.56 Å². The van der Waals surface area contributed by atoms with Crippen LogP contribution in [0.15, 0.2) is 51.9 Å². The molecule has 23 heavy (non-hydrogen) atoms. The monoisotopic (exact) mass is 310 g/mol. The van der Waals surface area contributed by atoms with Crippen molar-refractivity contribution in [1.29, 1.82) is 0 Å². The number of H-pyrrole nitrogens is 1. The first-order valence-corrected chi connectivity index (χ1v) is 7.79. The van der Waals surface area contributed by atoms with E-state index in [1.807, 2.05) is 18.2 Å². The van der Waals surface area contributed by atoms with Gasteiger partial charge in [0.15, 0.2) is 11.5 Å². The Bertz CT molecular complexity index is 850. The lowest BCUT2D eigenvalue weighted by atomic mass is 10.1. The summed E-state index contributed by atoms with van der Waals surface area (Å²) < 4.78 is 5.08. The zero-order valence-electron chi connectivity index (χ0n) is 12.7. The lowest BCUT2D eigenvalue weighted by Gasteiger charge is -2.03. The van der Waals surface area contributed by atoms with Gasteiger partial charge in [0.2, 0.25) is 0 Å². The molecule has 0 amide bonds. The minimum Gasteiger partial charge on any atom is -0.461 e. The number of aryl methyl sites for hydroxylation is 1. The van der Waals surface area contributed by atoms with Gasteiger partial charge in [-0.25, -0.2) is 4.98 Å². The number of hydrogen-bond acceptors (Lipinski definition) is 4. The molecule has 1 N–H and O–H groups in total. The molecule has 0 aliphatic rings. The summed E-state index contributed by atoms with van der Waals surface area (Å²) in [5.41, 5.74) is 0.623. The summed E-state index contributed by atoms with van der Waals surface area (Å²) in [6, 6.07) is 10.7. The predicted octanol–water partition coefficient (Wildman–Crippen LogP) is 3.50. The number of Topliss-reactive ketones (excluding diaryl/α,β-unsaturated/α-hetero) is 1. The number of nitrogens with one attached hydrogen (secondary N) is 1. The van der Waals surface area contributed by atoms with Crippen LogP contribution in [-0.4, -0.2) is 15.8 Å².